The van der Waals surface area contributed by atoms with Crippen LogP contribution < -0.4 is 10.6 Å². The van der Waals surface area contributed by atoms with Gasteiger partial charge in [-0.25, -0.2) is 0 Å². The summed E-state index contributed by atoms with van der Waals surface area (Å²) in [6.45, 7) is 8.46. The molecule has 1 aromatic carbocycles. The van der Waals surface area contributed by atoms with Crippen molar-refractivity contribution < 1.29 is 9.72 Å². The maximum Gasteiger partial charge on any atom is 0.269 e. The molecule has 0 aliphatic rings. The number of aryl methyl sites for hydroxylation is 1. The number of nitrogens with zero attached hydrogens (tertiary/aromatic N) is 1. The number of carbonyl (C=O) groups is 1. The summed E-state index contributed by atoms with van der Waals surface area (Å²) in [4.78, 5) is 21.9. The van der Waals surface area contributed by atoms with Gasteiger partial charge < -0.3 is 10.6 Å². The number of rotatable bonds is 5. The van der Waals surface area contributed by atoms with Gasteiger partial charge in [0.1, 0.15) is 0 Å². The standard InChI is InChI=1S/C14H21N3O3/c1-10-9-11(17(19)20)5-6-12(10)15-7-8-16-13(18)14(2,3)4/h5-6,9,15H,7-8H2,1-4H3,(H,16,18). The molecule has 6 nitrogen and oxygen atoms in total. The van der Waals surface area contributed by atoms with Crippen LogP contribution in [0.15, 0.2) is 18.2 Å². The quantitative estimate of drug-likeness (QED) is 0.492. The zero-order valence-electron chi connectivity index (χ0n) is 12.3. The first kappa shape index (κ1) is 15.9. The highest BCUT2D eigenvalue weighted by atomic mass is 16.6. The zero-order chi connectivity index (χ0) is 15.3. The van der Waals surface area contributed by atoms with E-state index < -0.39 is 10.3 Å². The lowest BCUT2D eigenvalue weighted by Gasteiger charge is -2.18. The topological polar surface area (TPSA) is 84.3 Å². The van der Waals surface area contributed by atoms with E-state index in [4.69, 9.17) is 0 Å². The Labute approximate surface area is 118 Å². The Morgan fingerprint density at radius 1 is 1.30 bits per heavy atom. The first-order chi connectivity index (χ1) is 9.21. The van der Waals surface area contributed by atoms with Crippen molar-refractivity contribution in [1.29, 1.82) is 0 Å². The summed E-state index contributed by atoms with van der Waals surface area (Å²) >= 11 is 0. The molecule has 0 fully saturated rings. The average molecular weight is 279 g/mol. The number of nitro groups is 1. The van der Waals surface area contributed by atoms with E-state index in [1.54, 1.807) is 6.07 Å². The molecule has 0 saturated carbocycles. The second-order valence-electron chi connectivity index (χ2n) is 5.69. The van der Waals surface area contributed by atoms with Crippen LogP contribution in [0.4, 0.5) is 11.4 Å². The lowest BCUT2D eigenvalue weighted by atomic mass is 9.96. The van der Waals surface area contributed by atoms with Gasteiger partial charge in [0.2, 0.25) is 5.91 Å². The van der Waals surface area contributed by atoms with Crippen LogP contribution in [0.5, 0.6) is 0 Å². The number of nitrogens with one attached hydrogen (secondary N) is 2. The van der Waals surface area contributed by atoms with Gasteiger partial charge in [-0.2, -0.15) is 0 Å². The van der Waals surface area contributed by atoms with E-state index in [2.05, 4.69) is 10.6 Å². The normalized spacial score (nSPS) is 11.0. The number of non-ortho nitro benzene ring substituents is 1. The predicted molar refractivity (Wildman–Crippen MR) is 78.8 cm³/mol. The van der Waals surface area contributed by atoms with Crippen molar-refractivity contribution in [2.45, 2.75) is 27.7 Å². The fourth-order valence-electron chi connectivity index (χ4n) is 1.60. The van der Waals surface area contributed by atoms with Gasteiger partial charge in [0.25, 0.3) is 5.69 Å². The Bertz CT molecular complexity index is 507. The van der Waals surface area contributed by atoms with Gasteiger partial charge in [-0.05, 0) is 18.6 Å². The molecule has 110 valence electrons. The first-order valence-electron chi connectivity index (χ1n) is 6.49. The summed E-state index contributed by atoms with van der Waals surface area (Å²) in [6.07, 6.45) is 0. The molecule has 1 amide bonds. The van der Waals surface area contributed by atoms with Gasteiger partial charge in [-0.15, -0.1) is 0 Å². The smallest absolute Gasteiger partial charge is 0.269 e. The van der Waals surface area contributed by atoms with Crippen LogP contribution in [0.25, 0.3) is 0 Å². The second-order valence-corrected chi connectivity index (χ2v) is 5.69. The number of hydrogen-bond donors (Lipinski definition) is 2. The van der Waals surface area contributed by atoms with E-state index in [-0.39, 0.29) is 11.6 Å². The summed E-state index contributed by atoms with van der Waals surface area (Å²) in [5, 5.41) is 16.6. The molecule has 1 rings (SSSR count). The highest BCUT2D eigenvalue weighted by molar-refractivity contribution is 5.81. The van der Waals surface area contributed by atoms with Crippen molar-refractivity contribution in [3.63, 3.8) is 0 Å². The Balaban J connectivity index is 2.47. The highest BCUT2D eigenvalue weighted by Crippen LogP contribution is 2.20. The number of benzene rings is 1. The van der Waals surface area contributed by atoms with E-state index >= 15 is 0 Å². The molecule has 0 unspecified atom stereocenters. The van der Waals surface area contributed by atoms with Crippen LogP contribution in [-0.2, 0) is 4.79 Å². The Kier molecular flexibility index (Phi) is 5.07. The summed E-state index contributed by atoms with van der Waals surface area (Å²) < 4.78 is 0. The Hall–Kier alpha value is -2.11. The van der Waals surface area contributed by atoms with E-state index in [9.17, 15) is 14.9 Å². The van der Waals surface area contributed by atoms with Gasteiger partial charge in [0, 0.05) is 36.3 Å². The van der Waals surface area contributed by atoms with Crippen molar-refractivity contribution in [2.75, 3.05) is 18.4 Å². The molecule has 0 radical (unpaired) electrons. The van der Waals surface area contributed by atoms with Crippen LogP contribution in [0.1, 0.15) is 26.3 Å². The van der Waals surface area contributed by atoms with Crippen LogP contribution in [0, 0.1) is 22.5 Å². The number of carbonyl (C=O) groups excluding carboxylic acids is 1. The van der Waals surface area contributed by atoms with Crippen molar-refractivity contribution in [3.05, 3.63) is 33.9 Å². The van der Waals surface area contributed by atoms with E-state index in [0.29, 0.717) is 13.1 Å². The molecule has 0 bridgehead atoms. The molecule has 2 N–H and O–H groups in total. The van der Waals surface area contributed by atoms with Crippen molar-refractivity contribution >= 4 is 17.3 Å². The third kappa shape index (κ3) is 4.53. The fraction of sp³-hybridized carbons (Fsp3) is 0.500. The molecule has 6 heteroatoms. The second kappa shape index (κ2) is 6.36. The number of hydrogen-bond acceptors (Lipinski definition) is 4. The molecule has 0 aliphatic carbocycles. The molecule has 1 aromatic rings. The average Bonchev–Trinajstić information content (AvgIpc) is 2.34. The Morgan fingerprint density at radius 2 is 1.95 bits per heavy atom. The lowest BCUT2D eigenvalue weighted by molar-refractivity contribution is -0.384. The summed E-state index contributed by atoms with van der Waals surface area (Å²) in [7, 11) is 0. The minimum Gasteiger partial charge on any atom is -0.383 e. The van der Waals surface area contributed by atoms with Crippen molar-refractivity contribution in [3.8, 4) is 0 Å². The molecule has 20 heavy (non-hydrogen) atoms. The van der Waals surface area contributed by atoms with Crippen LogP contribution in [-0.4, -0.2) is 23.9 Å². The Morgan fingerprint density at radius 3 is 2.45 bits per heavy atom. The molecular weight excluding hydrogens is 258 g/mol. The molecule has 0 spiro atoms. The predicted octanol–water partition coefficient (Wildman–Crippen LogP) is 2.48. The number of nitro benzene ring substituents is 1. The van der Waals surface area contributed by atoms with Crippen molar-refractivity contribution in [2.24, 2.45) is 5.41 Å². The highest BCUT2D eigenvalue weighted by Gasteiger charge is 2.20. The SMILES string of the molecule is Cc1cc([N+](=O)[O-])ccc1NCCNC(=O)C(C)(C)C. The monoisotopic (exact) mass is 279 g/mol. The maximum atomic E-state index is 11.6. The zero-order valence-corrected chi connectivity index (χ0v) is 12.3. The van der Waals surface area contributed by atoms with Crippen molar-refractivity contribution in [1.82, 2.24) is 5.32 Å². The van der Waals surface area contributed by atoms with Gasteiger partial charge in [0.15, 0.2) is 0 Å². The molecule has 0 atom stereocenters. The molecular formula is C14H21N3O3. The molecule has 0 aliphatic heterocycles. The van der Waals surface area contributed by atoms with Crippen LogP contribution in [0.2, 0.25) is 0 Å². The minimum atomic E-state index is -0.416. The number of anilines is 1. The van der Waals surface area contributed by atoms with Gasteiger partial charge >= 0.3 is 0 Å². The van der Waals surface area contributed by atoms with Gasteiger partial charge in [0.05, 0.1) is 4.92 Å². The molecule has 0 aromatic heterocycles. The van der Waals surface area contributed by atoms with E-state index in [1.165, 1.54) is 12.1 Å². The molecule has 0 heterocycles. The van der Waals surface area contributed by atoms with Gasteiger partial charge in [-0.1, -0.05) is 20.8 Å². The van der Waals surface area contributed by atoms with E-state index in [1.807, 2.05) is 27.7 Å². The van der Waals surface area contributed by atoms with Crippen LogP contribution >= 0.6 is 0 Å². The van der Waals surface area contributed by atoms with Crippen LogP contribution in [0.3, 0.4) is 0 Å². The fourth-order valence-corrected chi connectivity index (χ4v) is 1.60. The number of amides is 1. The summed E-state index contributed by atoms with van der Waals surface area (Å²) in [5.74, 6) is -0.000258. The maximum absolute atomic E-state index is 11.6. The summed E-state index contributed by atoms with van der Waals surface area (Å²) in [5.41, 5.74) is 1.32. The lowest BCUT2D eigenvalue weighted by Crippen LogP contribution is -2.37. The first-order valence-corrected chi connectivity index (χ1v) is 6.49. The summed E-state index contributed by atoms with van der Waals surface area (Å²) in [6, 6.07) is 4.66. The van der Waals surface area contributed by atoms with Gasteiger partial charge in [-0.3, -0.25) is 14.9 Å². The minimum absolute atomic E-state index is 0.000258. The third-order valence-electron chi connectivity index (χ3n) is 2.83. The molecule has 0 saturated heterocycles. The third-order valence-corrected chi connectivity index (χ3v) is 2.83. The van der Waals surface area contributed by atoms with E-state index in [0.717, 1.165) is 11.3 Å². The largest absolute Gasteiger partial charge is 0.383 e.